The number of carbonyl (C=O) groups excluding carboxylic acids is 2. The van der Waals surface area contributed by atoms with Crippen molar-refractivity contribution < 1.29 is 19.2 Å². The average Bonchev–Trinajstić information content (AvgIpc) is 2.60. The quantitative estimate of drug-likeness (QED) is 0.624. The van der Waals surface area contributed by atoms with Gasteiger partial charge in [-0.25, -0.2) is 0 Å². The Hall–Kier alpha value is -2.64. The Bertz CT molecular complexity index is 632. The first-order chi connectivity index (χ1) is 11.9. The molecule has 1 fully saturated rings. The molecule has 1 heterocycles. The summed E-state index contributed by atoms with van der Waals surface area (Å²) in [7, 11) is 0. The molecule has 1 N–H and O–H groups in total. The fraction of sp³-hybridized carbons (Fsp3) is 0.529. The molecule has 25 heavy (non-hydrogen) atoms. The van der Waals surface area contributed by atoms with E-state index < -0.39 is 16.9 Å². The highest BCUT2D eigenvalue weighted by molar-refractivity contribution is 5.88. The number of benzene rings is 1. The van der Waals surface area contributed by atoms with Gasteiger partial charge in [0.05, 0.1) is 4.92 Å². The Morgan fingerprint density at radius 1 is 1.36 bits per heavy atom. The second-order valence-electron chi connectivity index (χ2n) is 6.21. The number of rotatable bonds is 6. The van der Waals surface area contributed by atoms with Gasteiger partial charge in [-0.05, 0) is 45.2 Å². The van der Waals surface area contributed by atoms with Crippen molar-refractivity contribution in [2.45, 2.75) is 45.2 Å². The van der Waals surface area contributed by atoms with Gasteiger partial charge in [-0.2, -0.15) is 0 Å². The zero-order valence-electron chi connectivity index (χ0n) is 14.4. The maximum atomic E-state index is 12.4. The van der Waals surface area contributed by atoms with Gasteiger partial charge in [-0.15, -0.1) is 0 Å². The molecule has 8 nitrogen and oxygen atoms in total. The van der Waals surface area contributed by atoms with Crippen molar-refractivity contribution in [3.8, 4) is 5.75 Å². The summed E-state index contributed by atoms with van der Waals surface area (Å²) in [5.74, 6) is -0.149. The van der Waals surface area contributed by atoms with Crippen LogP contribution in [0.4, 0.5) is 5.69 Å². The van der Waals surface area contributed by atoms with Crippen LogP contribution >= 0.6 is 0 Å². The smallest absolute Gasteiger partial charge is 0.269 e. The molecule has 1 aromatic carbocycles. The van der Waals surface area contributed by atoms with E-state index >= 15 is 0 Å². The third kappa shape index (κ3) is 5.17. The van der Waals surface area contributed by atoms with E-state index in [1.54, 1.807) is 6.92 Å². The van der Waals surface area contributed by atoms with Crippen LogP contribution in [0.25, 0.3) is 0 Å². The first-order valence-corrected chi connectivity index (χ1v) is 8.35. The predicted molar refractivity (Wildman–Crippen MR) is 91.2 cm³/mol. The molecule has 0 radical (unpaired) electrons. The minimum absolute atomic E-state index is 0.0494. The average molecular weight is 349 g/mol. The highest BCUT2D eigenvalue weighted by atomic mass is 16.6. The molecule has 0 aliphatic carbocycles. The van der Waals surface area contributed by atoms with E-state index in [0.29, 0.717) is 5.75 Å². The summed E-state index contributed by atoms with van der Waals surface area (Å²) < 4.78 is 5.29. The summed E-state index contributed by atoms with van der Waals surface area (Å²) >= 11 is 0. The lowest BCUT2D eigenvalue weighted by Crippen LogP contribution is -2.52. The minimum Gasteiger partial charge on any atom is -0.484 e. The summed E-state index contributed by atoms with van der Waals surface area (Å²) in [4.78, 5) is 36.3. The van der Waals surface area contributed by atoms with Gasteiger partial charge in [0.25, 0.3) is 11.6 Å². The van der Waals surface area contributed by atoms with Gasteiger partial charge in [-0.3, -0.25) is 19.7 Å². The third-order valence-corrected chi connectivity index (χ3v) is 4.25. The van der Waals surface area contributed by atoms with Crippen LogP contribution in [0.5, 0.6) is 5.75 Å². The second-order valence-corrected chi connectivity index (χ2v) is 6.21. The monoisotopic (exact) mass is 349 g/mol. The predicted octanol–water partition coefficient (Wildman–Crippen LogP) is 1.88. The van der Waals surface area contributed by atoms with E-state index in [-0.39, 0.29) is 24.2 Å². The van der Waals surface area contributed by atoms with E-state index in [0.717, 1.165) is 25.8 Å². The number of non-ortho nitro benzene ring substituents is 1. The van der Waals surface area contributed by atoms with E-state index in [2.05, 4.69) is 5.32 Å². The number of piperidine rings is 1. The zero-order chi connectivity index (χ0) is 18.4. The second kappa shape index (κ2) is 8.46. The van der Waals surface area contributed by atoms with Crippen molar-refractivity contribution >= 4 is 17.5 Å². The van der Waals surface area contributed by atoms with Gasteiger partial charge < -0.3 is 15.0 Å². The van der Waals surface area contributed by atoms with Gasteiger partial charge in [0, 0.05) is 24.7 Å². The number of carbonyl (C=O) groups is 2. The fourth-order valence-corrected chi connectivity index (χ4v) is 2.83. The van der Waals surface area contributed by atoms with E-state index in [1.807, 2.05) is 11.8 Å². The van der Waals surface area contributed by atoms with Crippen LogP contribution in [0.3, 0.4) is 0 Å². The molecule has 0 spiro atoms. The zero-order valence-corrected chi connectivity index (χ0v) is 14.4. The van der Waals surface area contributed by atoms with Crippen LogP contribution in [0.15, 0.2) is 24.3 Å². The number of nitrogens with one attached hydrogen (secondary N) is 1. The summed E-state index contributed by atoms with van der Waals surface area (Å²) in [6.45, 7) is 4.14. The highest BCUT2D eigenvalue weighted by Crippen LogP contribution is 2.18. The molecular formula is C17H23N3O5. The topological polar surface area (TPSA) is 102 Å². The van der Waals surface area contributed by atoms with Crippen molar-refractivity contribution in [2.24, 2.45) is 0 Å². The van der Waals surface area contributed by atoms with Crippen LogP contribution in [0, 0.1) is 10.1 Å². The number of hydrogen-bond acceptors (Lipinski definition) is 5. The molecule has 1 aliphatic rings. The lowest BCUT2D eigenvalue weighted by molar-refractivity contribution is -0.384. The summed E-state index contributed by atoms with van der Waals surface area (Å²) in [6, 6.07) is 5.03. The van der Waals surface area contributed by atoms with Gasteiger partial charge in [0.2, 0.25) is 5.91 Å². The van der Waals surface area contributed by atoms with Crippen molar-refractivity contribution in [1.29, 1.82) is 0 Å². The third-order valence-electron chi connectivity index (χ3n) is 4.25. The first kappa shape index (κ1) is 18.7. The number of ether oxygens (including phenoxy) is 1. The number of nitrogens with zero attached hydrogens (tertiary/aromatic N) is 2. The largest absolute Gasteiger partial charge is 0.484 e. The fourth-order valence-electron chi connectivity index (χ4n) is 2.83. The van der Waals surface area contributed by atoms with Crippen molar-refractivity contribution in [3.63, 3.8) is 0 Å². The lowest BCUT2D eigenvalue weighted by Gasteiger charge is -2.35. The van der Waals surface area contributed by atoms with Gasteiger partial charge >= 0.3 is 0 Å². The molecule has 8 heteroatoms. The van der Waals surface area contributed by atoms with Gasteiger partial charge in [-0.1, -0.05) is 0 Å². The molecule has 0 bridgehead atoms. The molecule has 2 atom stereocenters. The number of amides is 2. The van der Waals surface area contributed by atoms with Crippen LogP contribution in [-0.2, 0) is 9.59 Å². The number of hydrogen-bond donors (Lipinski definition) is 1. The molecule has 1 saturated heterocycles. The molecule has 136 valence electrons. The summed E-state index contributed by atoms with van der Waals surface area (Å²) in [6.07, 6.45) is 3.09. The molecule has 2 rings (SSSR count). The first-order valence-electron chi connectivity index (χ1n) is 8.35. The Morgan fingerprint density at radius 2 is 2.04 bits per heavy atom. The van der Waals surface area contributed by atoms with E-state index in [4.69, 9.17) is 4.74 Å². The normalized spacial score (nSPS) is 18.3. The molecule has 0 aromatic heterocycles. The Morgan fingerprint density at radius 3 is 2.64 bits per heavy atom. The summed E-state index contributed by atoms with van der Waals surface area (Å²) in [5.41, 5.74) is -0.0494. The number of nitro benzene ring substituents is 1. The Balaban J connectivity index is 1.80. The van der Waals surface area contributed by atoms with Crippen LogP contribution in [-0.4, -0.2) is 46.9 Å². The molecule has 1 aromatic rings. The maximum Gasteiger partial charge on any atom is 0.269 e. The number of likely N-dealkylation sites (tertiary alicyclic amines) is 1. The molecule has 0 unspecified atom stereocenters. The van der Waals surface area contributed by atoms with Gasteiger partial charge in [0.1, 0.15) is 11.8 Å². The van der Waals surface area contributed by atoms with Crippen LogP contribution in [0.1, 0.15) is 33.1 Å². The van der Waals surface area contributed by atoms with Crippen LogP contribution < -0.4 is 10.1 Å². The Kier molecular flexibility index (Phi) is 6.32. The van der Waals surface area contributed by atoms with E-state index in [9.17, 15) is 19.7 Å². The molecular weight excluding hydrogens is 326 g/mol. The minimum atomic E-state index is -0.617. The van der Waals surface area contributed by atoms with Gasteiger partial charge in [0.15, 0.2) is 6.61 Å². The SMILES string of the molecule is C[C@H](NC(=O)COc1ccc([N+](=O)[O-])cc1)C(=O)N1CCCC[C@@H]1C. The standard InChI is InChI=1S/C17H23N3O5/c1-12-5-3-4-10-19(12)17(22)13(2)18-16(21)11-25-15-8-6-14(7-9-15)20(23)24/h6-9,12-13H,3-5,10-11H2,1-2H3,(H,18,21)/t12-,13-/m0/s1. The number of nitro groups is 1. The molecule has 2 amide bonds. The van der Waals surface area contributed by atoms with Crippen molar-refractivity contribution in [3.05, 3.63) is 34.4 Å². The highest BCUT2D eigenvalue weighted by Gasteiger charge is 2.27. The van der Waals surface area contributed by atoms with Crippen LogP contribution in [0.2, 0.25) is 0 Å². The maximum absolute atomic E-state index is 12.4. The molecule has 1 aliphatic heterocycles. The lowest BCUT2D eigenvalue weighted by atomic mass is 10.0. The molecule has 0 saturated carbocycles. The van der Waals surface area contributed by atoms with Crippen molar-refractivity contribution in [1.82, 2.24) is 10.2 Å². The van der Waals surface area contributed by atoms with E-state index in [1.165, 1.54) is 24.3 Å². The Labute approximate surface area is 146 Å². The van der Waals surface area contributed by atoms with Crippen molar-refractivity contribution in [2.75, 3.05) is 13.2 Å². The summed E-state index contributed by atoms with van der Waals surface area (Å²) in [5, 5.41) is 13.2.